The van der Waals surface area contributed by atoms with Gasteiger partial charge in [-0.1, -0.05) is 60.7 Å². The van der Waals surface area contributed by atoms with Gasteiger partial charge in [-0.05, 0) is 23.8 Å². The van der Waals surface area contributed by atoms with Crippen LogP contribution in [0.3, 0.4) is 0 Å². The normalized spacial score (nSPS) is 11.0. The molecule has 0 atom stereocenters. The lowest BCUT2D eigenvalue weighted by Crippen LogP contribution is -2.09. The van der Waals surface area contributed by atoms with Crippen LogP contribution in [0.25, 0.3) is 6.08 Å². The van der Waals surface area contributed by atoms with Crippen LogP contribution >= 0.6 is 0 Å². The SMILES string of the molecule is N#CC(=CC=Cc1ccccc1)C(=O)OOc1ccccc1. The summed E-state index contributed by atoms with van der Waals surface area (Å²) in [6.07, 6.45) is 4.77. The van der Waals surface area contributed by atoms with Gasteiger partial charge in [0.15, 0.2) is 5.75 Å². The minimum Gasteiger partial charge on any atom is -0.287 e. The van der Waals surface area contributed by atoms with Crippen molar-refractivity contribution in [1.29, 1.82) is 5.26 Å². The van der Waals surface area contributed by atoms with Crippen LogP contribution in [-0.4, -0.2) is 5.97 Å². The molecular weight excluding hydrogens is 278 g/mol. The van der Waals surface area contributed by atoms with Gasteiger partial charge in [-0.25, -0.2) is 9.68 Å². The van der Waals surface area contributed by atoms with Gasteiger partial charge in [-0.3, -0.25) is 4.89 Å². The number of para-hydroxylation sites is 1. The van der Waals surface area contributed by atoms with E-state index in [0.717, 1.165) is 5.56 Å². The van der Waals surface area contributed by atoms with E-state index in [4.69, 9.17) is 10.1 Å². The Morgan fingerprint density at radius 1 is 1.00 bits per heavy atom. The fourth-order valence-electron chi connectivity index (χ4n) is 1.58. The number of hydrogen-bond acceptors (Lipinski definition) is 4. The summed E-state index contributed by atoms with van der Waals surface area (Å²) >= 11 is 0. The van der Waals surface area contributed by atoms with E-state index < -0.39 is 5.97 Å². The number of hydrogen-bond donors (Lipinski definition) is 0. The van der Waals surface area contributed by atoms with E-state index >= 15 is 0 Å². The van der Waals surface area contributed by atoms with Crippen LogP contribution in [0.2, 0.25) is 0 Å². The topological polar surface area (TPSA) is 59.3 Å². The molecule has 0 saturated carbocycles. The van der Waals surface area contributed by atoms with Gasteiger partial charge >= 0.3 is 5.97 Å². The molecule has 0 aliphatic carbocycles. The first kappa shape index (κ1) is 15.1. The number of benzene rings is 2. The molecule has 0 amide bonds. The summed E-state index contributed by atoms with van der Waals surface area (Å²) in [6, 6.07) is 19.9. The number of nitriles is 1. The molecule has 2 rings (SSSR count). The van der Waals surface area contributed by atoms with Crippen molar-refractivity contribution < 1.29 is 14.6 Å². The molecule has 0 radical (unpaired) electrons. The Kier molecular flexibility index (Phi) is 5.53. The molecule has 0 unspecified atom stereocenters. The van der Waals surface area contributed by atoms with E-state index in [0.29, 0.717) is 5.75 Å². The van der Waals surface area contributed by atoms with E-state index in [1.807, 2.05) is 36.4 Å². The second-order valence-electron chi connectivity index (χ2n) is 4.23. The zero-order chi connectivity index (χ0) is 15.6. The predicted octanol–water partition coefficient (Wildman–Crippen LogP) is 3.69. The van der Waals surface area contributed by atoms with Crippen molar-refractivity contribution in [2.45, 2.75) is 0 Å². The molecule has 0 aliphatic rings. The Hall–Kier alpha value is -3.32. The van der Waals surface area contributed by atoms with Gasteiger partial charge in [0.1, 0.15) is 11.6 Å². The van der Waals surface area contributed by atoms with Crippen molar-refractivity contribution >= 4 is 12.0 Å². The minimum atomic E-state index is -0.843. The van der Waals surface area contributed by atoms with Crippen molar-refractivity contribution in [3.63, 3.8) is 0 Å². The maximum absolute atomic E-state index is 11.7. The highest BCUT2D eigenvalue weighted by Gasteiger charge is 2.11. The van der Waals surface area contributed by atoms with Crippen molar-refractivity contribution in [1.82, 2.24) is 0 Å². The van der Waals surface area contributed by atoms with Crippen LogP contribution in [0.1, 0.15) is 5.56 Å². The summed E-state index contributed by atoms with van der Waals surface area (Å²) < 4.78 is 0. The molecule has 2 aromatic carbocycles. The summed E-state index contributed by atoms with van der Waals surface area (Å²) in [5.41, 5.74) is 0.813. The zero-order valence-corrected chi connectivity index (χ0v) is 11.7. The Labute approximate surface area is 128 Å². The van der Waals surface area contributed by atoms with Gasteiger partial charge in [0.05, 0.1) is 0 Å². The van der Waals surface area contributed by atoms with E-state index in [2.05, 4.69) is 4.89 Å². The monoisotopic (exact) mass is 291 g/mol. The van der Waals surface area contributed by atoms with Gasteiger partial charge in [0.25, 0.3) is 0 Å². The molecular formula is C18H13NO3. The van der Waals surface area contributed by atoms with Crippen molar-refractivity contribution in [2.75, 3.05) is 0 Å². The van der Waals surface area contributed by atoms with Gasteiger partial charge < -0.3 is 0 Å². The predicted molar refractivity (Wildman–Crippen MR) is 82.3 cm³/mol. The molecule has 22 heavy (non-hydrogen) atoms. The van der Waals surface area contributed by atoms with Crippen molar-refractivity contribution in [3.8, 4) is 11.8 Å². The maximum Gasteiger partial charge on any atom is 0.396 e. The third kappa shape index (κ3) is 4.66. The zero-order valence-electron chi connectivity index (χ0n) is 11.7. The number of carbonyl (C=O) groups is 1. The highest BCUT2D eigenvalue weighted by molar-refractivity contribution is 5.92. The molecule has 108 valence electrons. The summed E-state index contributed by atoms with van der Waals surface area (Å²) in [5, 5.41) is 8.98. The molecule has 0 saturated heterocycles. The van der Waals surface area contributed by atoms with E-state index in [1.54, 1.807) is 42.5 Å². The summed E-state index contributed by atoms with van der Waals surface area (Å²) in [4.78, 5) is 21.2. The molecule has 0 N–H and O–H groups in total. The third-order valence-electron chi connectivity index (χ3n) is 2.65. The molecule has 4 nitrogen and oxygen atoms in total. The number of carbonyl (C=O) groups excluding carboxylic acids is 1. The Morgan fingerprint density at radius 2 is 1.64 bits per heavy atom. The van der Waals surface area contributed by atoms with Gasteiger partial charge in [0, 0.05) is 0 Å². The third-order valence-corrected chi connectivity index (χ3v) is 2.65. The van der Waals surface area contributed by atoms with E-state index in [1.165, 1.54) is 6.08 Å². The molecule has 0 spiro atoms. The summed E-state index contributed by atoms with van der Waals surface area (Å²) in [7, 11) is 0. The first-order valence-corrected chi connectivity index (χ1v) is 6.57. The van der Waals surface area contributed by atoms with Crippen LogP contribution in [0.15, 0.2) is 78.4 Å². The first-order chi connectivity index (χ1) is 10.8. The molecule has 0 heterocycles. The van der Waals surface area contributed by atoms with Crippen molar-refractivity contribution in [2.24, 2.45) is 0 Å². The van der Waals surface area contributed by atoms with E-state index in [9.17, 15) is 4.79 Å². The Morgan fingerprint density at radius 3 is 2.27 bits per heavy atom. The minimum absolute atomic E-state index is 0.150. The fourth-order valence-corrected chi connectivity index (χ4v) is 1.58. The summed E-state index contributed by atoms with van der Waals surface area (Å²) in [5.74, 6) is -0.461. The second kappa shape index (κ2) is 8.08. The van der Waals surface area contributed by atoms with E-state index in [-0.39, 0.29) is 5.57 Å². The average molecular weight is 291 g/mol. The van der Waals surface area contributed by atoms with Crippen LogP contribution in [-0.2, 0) is 9.68 Å². The molecule has 0 aliphatic heterocycles. The van der Waals surface area contributed by atoms with Crippen molar-refractivity contribution in [3.05, 3.63) is 84.0 Å². The van der Waals surface area contributed by atoms with Crippen LogP contribution in [0.4, 0.5) is 0 Å². The highest BCUT2D eigenvalue weighted by Crippen LogP contribution is 2.10. The summed E-state index contributed by atoms with van der Waals surface area (Å²) in [6.45, 7) is 0. The number of allylic oxidation sites excluding steroid dienone is 2. The number of rotatable bonds is 5. The second-order valence-corrected chi connectivity index (χ2v) is 4.23. The van der Waals surface area contributed by atoms with Crippen LogP contribution in [0.5, 0.6) is 5.75 Å². The van der Waals surface area contributed by atoms with Crippen LogP contribution in [0, 0.1) is 11.3 Å². The highest BCUT2D eigenvalue weighted by atomic mass is 17.2. The molecule has 2 aromatic rings. The smallest absolute Gasteiger partial charge is 0.287 e. The molecule has 0 fully saturated rings. The quantitative estimate of drug-likeness (QED) is 0.277. The molecule has 4 heteroatoms. The van der Waals surface area contributed by atoms with Gasteiger partial charge in [0.2, 0.25) is 0 Å². The lowest BCUT2D eigenvalue weighted by atomic mass is 10.2. The maximum atomic E-state index is 11.7. The molecule has 0 bridgehead atoms. The fraction of sp³-hybridized carbons (Fsp3) is 0. The van der Waals surface area contributed by atoms with Gasteiger partial charge in [-0.2, -0.15) is 5.26 Å². The first-order valence-electron chi connectivity index (χ1n) is 6.57. The molecule has 0 aromatic heterocycles. The van der Waals surface area contributed by atoms with Crippen LogP contribution < -0.4 is 4.89 Å². The standard InChI is InChI=1S/C18H13NO3/c19-14-16(11-7-10-15-8-3-1-4-9-15)18(20)22-21-17-12-5-2-6-13-17/h1-13H. The van der Waals surface area contributed by atoms with Gasteiger partial charge in [-0.15, -0.1) is 0 Å². The Bertz CT molecular complexity index is 713. The number of nitrogens with zero attached hydrogens (tertiary/aromatic N) is 1. The Balaban J connectivity index is 1.95. The lowest BCUT2D eigenvalue weighted by molar-refractivity contribution is -0.208. The average Bonchev–Trinajstić information content (AvgIpc) is 2.58. The lowest BCUT2D eigenvalue weighted by Gasteiger charge is -2.02. The largest absolute Gasteiger partial charge is 0.396 e.